The molecule has 76 valence electrons. The van der Waals surface area contributed by atoms with Crippen molar-refractivity contribution in [3.8, 4) is 0 Å². The number of hydrogen-bond donors (Lipinski definition) is 1. The van der Waals surface area contributed by atoms with Crippen molar-refractivity contribution in [1.29, 1.82) is 0 Å². The van der Waals surface area contributed by atoms with Crippen molar-refractivity contribution < 1.29 is 0 Å². The summed E-state index contributed by atoms with van der Waals surface area (Å²) in [7, 11) is 0. The van der Waals surface area contributed by atoms with E-state index in [0.29, 0.717) is 0 Å². The van der Waals surface area contributed by atoms with Gasteiger partial charge >= 0.3 is 0 Å². The Balaban J connectivity index is 2.43. The van der Waals surface area contributed by atoms with Gasteiger partial charge in [-0.3, -0.25) is 0 Å². The fourth-order valence-electron chi connectivity index (χ4n) is 1.95. The third-order valence-electron chi connectivity index (χ3n) is 3.19. The van der Waals surface area contributed by atoms with E-state index < -0.39 is 0 Å². The van der Waals surface area contributed by atoms with E-state index in [2.05, 4.69) is 26.8 Å². The highest BCUT2D eigenvalue weighted by Crippen LogP contribution is 2.32. The molecule has 0 aromatic rings. The van der Waals surface area contributed by atoms with Crippen molar-refractivity contribution in [2.45, 2.75) is 58.4 Å². The van der Waals surface area contributed by atoms with E-state index in [1.54, 1.807) is 0 Å². The van der Waals surface area contributed by atoms with Crippen LogP contribution in [0.1, 0.15) is 52.9 Å². The first-order valence-corrected chi connectivity index (χ1v) is 5.44. The molecular weight excluding hydrogens is 158 g/mol. The van der Waals surface area contributed by atoms with E-state index in [0.717, 1.165) is 12.3 Å². The van der Waals surface area contributed by atoms with Gasteiger partial charge in [0.15, 0.2) is 0 Å². The van der Waals surface area contributed by atoms with Crippen LogP contribution in [-0.4, -0.2) is 5.54 Å². The van der Waals surface area contributed by atoms with Crippen molar-refractivity contribution in [3.05, 3.63) is 11.6 Å². The van der Waals surface area contributed by atoms with Gasteiger partial charge < -0.3 is 5.73 Å². The van der Waals surface area contributed by atoms with Gasteiger partial charge in [-0.15, -0.1) is 0 Å². The summed E-state index contributed by atoms with van der Waals surface area (Å²) < 4.78 is 0. The number of allylic oxidation sites excluding steroid dienone is 1. The van der Waals surface area contributed by atoms with Gasteiger partial charge in [0, 0.05) is 5.54 Å². The molecule has 1 aliphatic carbocycles. The SMILES string of the molecule is CC(C)=CCC1(N)CCC(C)CC1. The monoisotopic (exact) mass is 181 g/mol. The summed E-state index contributed by atoms with van der Waals surface area (Å²) in [4.78, 5) is 0. The Labute approximate surface area is 82.4 Å². The van der Waals surface area contributed by atoms with Crippen LogP contribution in [0.5, 0.6) is 0 Å². The molecule has 1 heteroatoms. The maximum absolute atomic E-state index is 6.32. The molecule has 1 aliphatic rings. The lowest BCUT2D eigenvalue weighted by Gasteiger charge is -2.35. The van der Waals surface area contributed by atoms with E-state index in [-0.39, 0.29) is 5.54 Å². The number of nitrogens with two attached hydrogens (primary N) is 1. The minimum absolute atomic E-state index is 0.115. The van der Waals surface area contributed by atoms with Gasteiger partial charge in [-0.25, -0.2) is 0 Å². The molecule has 1 nitrogen and oxygen atoms in total. The lowest BCUT2D eigenvalue weighted by molar-refractivity contribution is 0.246. The summed E-state index contributed by atoms with van der Waals surface area (Å²) in [5.74, 6) is 0.892. The van der Waals surface area contributed by atoms with Crippen molar-refractivity contribution in [3.63, 3.8) is 0 Å². The second-order valence-electron chi connectivity index (χ2n) is 5.03. The highest BCUT2D eigenvalue weighted by atomic mass is 14.7. The van der Waals surface area contributed by atoms with Crippen LogP contribution in [0, 0.1) is 5.92 Å². The van der Waals surface area contributed by atoms with E-state index in [1.807, 2.05) is 0 Å². The van der Waals surface area contributed by atoms with Gasteiger partial charge in [0.2, 0.25) is 0 Å². The van der Waals surface area contributed by atoms with Gasteiger partial charge in [-0.1, -0.05) is 18.6 Å². The van der Waals surface area contributed by atoms with E-state index in [1.165, 1.54) is 31.3 Å². The highest BCUT2D eigenvalue weighted by molar-refractivity contribution is 5.01. The Bertz CT molecular complexity index is 181. The Kier molecular flexibility index (Phi) is 3.55. The molecule has 2 N–H and O–H groups in total. The second-order valence-corrected chi connectivity index (χ2v) is 5.03. The first-order chi connectivity index (χ1) is 6.02. The molecule has 0 aliphatic heterocycles. The molecule has 13 heavy (non-hydrogen) atoms. The molecule has 0 aromatic carbocycles. The van der Waals surface area contributed by atoms with Crippen LogP contribution in [-0.2, 0) is 0 Å². The van der Waals surface area contributed by atoms with Crippen LogP contribution in [0.2, 0.25) is 0 Å². The van der Waals surface area contributed by atoms with Crippen LogP contribution < -0.4 is 5.73 Å². The summed E-state index contributed by atoms with van der Waals surface area (Å²) >= 11 is 0. The quantitative estimate of drug-likeness (QED) is 0.650. The largest absolute Gasteiger partial charge is 0.325 e. The zero-order chi connectivity index (χ0) is 9.90. The lowest BCUT2D eigenvalue weighted by atomic mass is 9.76. The molecule has 0 heterocycles. The maximum atomic E-state index is 6.32. The van der Waals surface area contributed by atoms with Crippen LogP contribution in [0.3, 0.4) is 0 Å². The zero-order valence-electron chi connectivity index (χ0n) is 9.27. The topological polar surface area (TPSA) is 26.0 Å². The van der Waals surface area contributed by atoms with Crippen molar-refractivity contribution in [1.82, 2.24) is 0 Å². The van der Waals surface area contributed by atoms with Crippen molar-refractivity contribution in [2.24, 2.45) is 11.7 Å². The molecule has 0 unspecified atom stereocenters. The summed E-state index contributed by atoms with van der Waals surface area (Å²) in [6.45, 7) is 6.63. The summed E-state index contributed by atoms with van der Waals surface area (Å²) in [5, 5.41) is 0. The van der Waals surface area contributed by atoms with Crippen LogP contribution in [0.4, 0.5) is 0 Å². The van der Waals surface area contributed by atoms with Gasteiger partial charge in [0.25, 0.3) is 0 Å². The molecule has 0 spiro atoms. The Hall–Kier alpha value is -0.300. The average Bonchev–Trinajstić information content (AvgIpc) is 2.08. The standard InChI is InChI=1S/C12H23N/c1-10(2)4-7-12(13)8-5-11(3)6-9-12/h4,11H,5-9,13H2,1-3H3. The molecular formula is C12H23N. The molecule has 0 atom stereocenters. The average molecular weight is 181 g/mol. The maximum Gasteiger partial charge on any atom is 0.0189 e. The summed E-state index contributed by atoms with van der Waals surface area (Å²) in [6, 6.07) is 0. The summed E-state index contributed by atoms with van der Waals surface area (Å²) in [6.07, 6.45) is 8.40. The fraction of sp³-hybridized carbons (Fsp3) is 0.833. The van der Waals surface area contributed by atoms with Gasteiger partial charge in [-0.2, -0.15) is 0 Å². The molecule has 1 fully saturated rings. The number of hydrogen-bond acceptors (Lipinski definition) is 1. The minimum Gasteiger partial charge on any atom is -0.325 e. The lowest BCUT2D eigenvalue weighted by Crippen LogP contribution is -2.42. The predicted octanol–water partition coefficient (Wildman–Crippen LogP) is 3.25. The third kappa shape index (κ3) is 3.51. The molecule has 0 radical (unpaired) electrons. The molecule has 1 saturated carbocycles. The normalized spacial score (nSPS) is 34.3. The molecule has 0 amide bonds. The van der Waals surface area contributed by atoms with Crippen molar-refractivity contribution >= 4 is 0 Å². The molecule has 1 rings (SSSR count). The summed E-state index contributed by atoms with van der Waals surface area (Å²) in [5.41, 5.74) is 7.83. The third-order valence-corrected chi connectivity index (χ3v) is 3.19. The van der Waals surface area contributed by atoms with E-state index in [4.69, 9.17) is 5.73 Å². The predicted molar refractivity (Wildman–Crippen MR) is 58.6 cm³/mol. The Morgan fingerprint density at radius 2 is 1.92 bits per heavy atom. The second kappa shape index (κ2) is 4.28. The first-order valence-electron chi connectivity index (χ1n) is 5.44. The smallest absolute Gasteiger partial charge is 0.0189 e. The first kappa shape index (κ1) is 10.8. The fourth-order valence-corrected chi connectivity index (χ4v) is 1.95. The van der Waals surface area contributed by atoms with E-state index >= 15 is 0 Å². The Morgan fingerprint density at radius 3 is 2.38 bits per heavy atom. The van der Waals surface area contributed by atoms with E-state index in [9.17, 15) is 0 Å². The zero-order valence-corrected chi connectivity index (χ0v) is 9.27. The van der Waals surface area contributed by atoms with Gasteiger partial charge in [0.1, 0.15) is 0 Å². The van der Waals surface area contributed by atoms with Gasteiger partial charge in [-0.05, 0) is 51.9 Å². The van der Waals surface area contributed by atoms with Crippen LogP contribution >= 0.6 is 0 Å². The molecule has 0 bridgehead atoms. The number of rotatable bonds is 2. The molecule has 0 saturated heterocycles. The minimum atomic E-state index is 0.115. The van der Waals surface area contributed by atoms with Crippen LogP contribution in [0.15, 0.2) is 11.6 Å². The molecule has 0 aromatic heterocycles. The van der Waals surface area contributed by atoms with Gasteiger partial charge in [0.05, 0.1) is 0 Å². The van der Waals surface area contributed by atoms with Crippen LogP contribution in [0.25, 0.3) is 0 Å². The van der Waals surface area contributed by atoms with Crippen molar-refractivity contribution in [2.75, 3.05) is 0 Å². The Morgan fingerprint density at radius 1 is 1.38 bits per heavy atom. The highest BCUT2D eigenvalue weighted by Gasteiger charge is 2.28.